The first-order chi connectivity index (χ1) is 8.22. The van der Waals surface area contributed by atoms with Gasteiger partial charge in [0.2, 0.25) is 0 Å². The molecule has 1 aromatic rings. The molecule has 0 amide bonds. The molecule has 0 N–H and O–H groups in total. The quantitative estimate of drug-likeness (QED) is 0.783. The van der Waals surface area contributed by atoms with E-state index in [1.165, 1.54) is 0 Å². The Hall–Kier alpha value is -1.95. The van der Waals surface area contributed by atoms with Crippen LogP contribution in [0.3, 0.4) is 0 Å². The fraction of sp³-hybridized carbons (Fsp3) is 0.357. The van der Waals surface area contributed by atoms with Crippen LogP contribution in [0.4, 0.5) is 0 Å². The van der Waals surface area contributed by atoms with E-state index in [1.807, 2.05) is 19.1 Å². The van der Waals surface area contributed by atoms with Crippen molar-refractivity contribution in [3.63, 3.8) is 0 Å². The number of ether oxygens (including phenoxy) is 2. The summed E-state index contributed by atoms with van der Waals surface area (Å²) >= 11 is 0. The summed E-state index contributed by atoms with van der Waals surface area (Å²) in [7, 11) is 3.26. The molecule has 0 aromatic heterocycles. The summed E-state index contributed by atoms with van der Waals surface area (Å²) in [5, 5.41) is 9.22. The Morgan fingerprint density at radius 1 is 1.18 bits per heavy atom. The van der Waals surface area contributed by atoms with Crippen molar-refractivity contribution in [1.29, 1.82) is 5.26 Å². The second-order valence-electron chi connectivity index (χ2n) is 4.09. The van der Waals surface area contributed by atoms with Gasteiger partial charge in [0, 0.05) is 5.56 Å². The molecule has 0 bridgehead atoms. The lowest BCUT2D eigenvalue weighted by molar-refractivity contribution is 0.351. The van der Waals surface area contributed by atoms with E-state index in [4.69, 9.17) is 9.47 Å². The van der Waals surface area contributed by atoms with E-state index in [-0.39, 0.29) is 0 Å². The van der Waals surface area contributed by atoms with Crippen molar-refractivity contribution < 1.29 is 9.47 Å². The Balaban J connectivity index is 2.67. The third-order valence-electron chi connectivity index (χ3n) is 3.21. The van der Waals surface area contributed by atoms with Gasteiger partial charge in [0.05, 0.1) is 25.9 Å². The van der Waals surface area contributed by atoms with Crippen LogP contribution >= 0.6 is 0 Å². The van der Waals surface area contributed by atoms with Crippen LogP contribution in [0, 0.1) is 11.3 Å². The first kappa shape index (κ1) is 11.5. The third kappa shape index (κ3) is 1.76. The van der Waals surface area contributed by atoms with Crippen LogP contribution < -0.4 is 9.47 Å². The van der Waals surface area contributed by atoms with E-state index < -0.39 is 0 Å². The number of methoxy groups -OCH3 is 2. The molecule has 0 unspecified atom stereocenters. The SMILES string of the molecule is COc1ccc2c(c1OC)CCC(C)=C2C#N. The van der Waals surface area contributed by atoms with Crippen molar-refractivity contribution in [2.75, 3.05) is 14.2 Å². The number of fused-ring (bicyclic) bond motifs is 1. The molecule has 0 atom stereocenters. The standard InChI is InChI=1S/C14H15NO2/c1-9-4-5-11-10(12(9)8-15)6-7-13(16-2)14(11)17-3/h6-7H,4-5H2,1-3H3. The Morgan fingerprint density at radius 2 is 1.94 bits per heavy atom. The monoisotopic (exact) mass is 229 g/mol. The van der Waals surface area contributed by atoms with Gasteiger partial charge in [0.1, 0.15) is 0 Å². The summed E-state index contributed by atoms with van der Waals surface area (Å²) < 4.78 is 10.7. The molecule has 0 spiro atoms. The van der Waals surface area contributed by atoms with Crippen LogP contribution in [0.1, 0.15) is 24.5 Å². The highest BCUT2D eigenvalue weighted by Crippen LogP contribution is 2.41. The zero-order valence-corrected chi connectivity index (χ0v) is 10.3. The predicted molar refractivity (Wildman–Crippen MR) is 66.1 cm³/mol. The van der Waals surface area contributed by atoms with E-state index in [1.54, 1.807) is 14.2 Å². The average molecular weight is 229 g/mol. The Labute approximate surface area is 101 Å². The van der Waals surface area contributed by atoms with Crippen LogP contribution in [0.25, 0.3) is 5.57 Å². The molecule has 1 aliphatic carbocycles. The van der Waals surface area contributed by atoms with Gasteiger partial charge in [0.25, 0.3) is 0 Å². The van der Waals surface area contributed by atoms with Crippen molar-refractivity contribution in [3.8, 4) is 17.6 Å². The molecular weight excluding hydrogens is 214 g/mol. The molecule has 0 radical (unpaired) electrons. The molecule has 0 heterocycles. The summed E-state index contributed by atoms with van der Waals surface area (Å²) in [6, 6.07) is 6.08. The largest absolute Gasteiger partial charge is 0.493 e. The van der Waals surface area contributed by atoms with Gasteiger partial charge in [0.15, 0.2) is 11.5 Å². The molecule has 3 heteroatoms. The highest BCUT2D eigenvalue weighted by molar-refractivity contribution is 5.84. The molecule has 88 valence electrons. The highest BCUT2D eigenvalue weighted by Gasteiger charge is 2.22. The van der Waals surface area contributed by atoms with E-state index >= 15 is 0 Å². The second kappa shape index (κ2) is 4.50. The summed E-state index contributed by atoms with van der Waals surface area (Å²) in [4.78, 5) is 0. The van der Waals surface area contributed by atoms with Crippen LogP contribution in [0.15, 0.2) is 17.7 Å². The second-order valence-corrected chi connectivity index (χ2v) is 4.09. The number of hydrogen-bond acceptors (Lipinski definition) is 3. The van der Waals surface area contributed by atoms with E-state index in [0.29, 0.717) is 0 Å². The zero-order chi connectivity index (χ0) is 12.4. The first-order valence-corrected chi connectivity index (χ1v) is 5.57. The average Bonchev–Trinajstić information content (AvgIpc) is 2.37. The minimum atomic E-state index is 0.725. The maximum atomic E-state index is 9.22. The summed E-state index contributed by atoms with van der Waals surface area (Å²) in [6.07, 6.45) is 1.80. The molecule has 17 heavy (non-hydrogen) atoms. The topological polar surface area (TPSA) is 42.2 Å². The van der Waals surface area contributed by atoms with Crippen LogP contribution in [-0.2, 0) is 6.42 Å². The molecule has 0 fully saturated rings. The highest BCUT2D eigenvalue weighted by atomic mass is 16.5. The number of nitrogens with zero attached hydrogens (tertiary/aromatic N) is 1. The predicted octanol–water partition coefficient (Wildman–Crippen LogP) is 2.95. The number of allylic oxidation sites excluding steroid dienone is 2. The van der Waals surface area contributed by atoms with E-state index in [9.17, 15) is 5.26 Å². The van der Waals surface area contributed by atoms with Crippen LogP contribution in [0.2, 0.25) is 0 Å². The molecule has 3 nitrogen and oxygen atoms in total. The van der Waals surface area contributed by atoms with E-state index in [0.717, 1.165) is 46.6 Å². The van der Waals surface area contributed by atoms with Gasteiger partial charge in [-0.25, -0.2) is 0 Å². The van der Waals surface area contributed by atoms with Crippen LogP contribution in [0.5, 0.6) is 11.5 Å². The Morgan fingerprint density at radius 3 is 2.53 bits per heavy atom. The summed E-state index contributed by atoms with van der Waals surface area (Å²) in [6.45, 7) is 2.01. The van der Waals surface area contributed by atoms with Gasteiger partial charge in [-0.3, -0.25) is 0 Å². The molecule has 0 saturated heterocycles. The summed E-state index contributed by atoms with van der Waals surface area (Å²) in [5.41, 5.74) is 3.97. The molecule has 0 saturated carbocycles. The normalized spacial score (nSPS) is 14.0. The number of hydrogen-bond donors (Lipinski definition) is 0. The van der Waals surface area contributed by atoms with Gasteiger partial charge >= 0.3 is 0 Å². The Bertz CT molecular complexity index is 524. The van der Waals surface area contributed by atoms with Gasteiger partial charge in [-0.2, -0.15) is 5.26 Å². The van der Waals surface area contributed by atoms with Crippen LogP contribution in [-0.4, -0.2) is 14.2 Å². The summed E-state index contributed by atoms with van der Waals surface area (Å²) in [5.74, 6) is 1.48. The Kier molecular flexibility index (Phi) is 3.06. The lowest BCUT2D eigenvalue weighted by Gasteiger charge is -2.21. The molecule has 1 aliphatic rings. The fourth-order valence-corrected chi connectivity index (χ4v) is 2.30. The smallest absolute Gasteiger partial charge is 0.164 e. The van der Waals surface area contributed by atoms with E-state index in [2.05, 4.69) is 6.07 Å². The zero-order valence-electron chi connectivity index (χ0n) is 10.3. The van der Waals surface area contributed by atoms with Gasteiger partial charge in [-0.05, 0) is 37.5 Å². The lowest BCUT2D eigenvalue weighted by atomic mass is 9.86. The fourth-order valence-electron chi connectivity index (χ4n) is 2.30. The van der Waals surface area contributed by atoms with Gasteiger partial charge < -0.3 is 9.47 Å². The van der Waals surface area contributed by atoms with Crippen molar-refractivity contribution in [2.45, 2.75) is 19.8 Å². The maximum Gasteiger partial charge on any atom is 0.164 e. The minimum Gasteiger partial charge on any atom is -0.493 e. The number of nitriles is 1. The van der Waals surface area contributed by atoms with Crippen molar-refractivity contribution >= 4 is 5.57 Å². The number of benzene rings is 1. The van der Waals surface area contributed by atoms with Gasteiger partial charge in [-0.1, -0.05) is 5.57 Å². The van der Waals surface area contributed by atoms with Crippen molar-refractivity contribution in [2.24, 2.45) is 0 Å². The first-order valence-electron chi connectivity index (χ1n) is 5.57. The maximum absolute atomic E-state index is 9.22. The van der Waals surface area contributed by atoms with Crippen molar-refractivity contribution in [3.05, 3.63) is 28.8 Å². The molecule has 0 aliphatic heterocycles. The minimum absolute atomic E-state index is 0.725. The molecule has 1 aromatic carbocycles. The number of rotatable bonds is 2. The molecular formula is C14H15NO2. The lowest BCUT2D eigenvalue weighted by Crippen LogP contribution is -2.06. The molecule has 2 rings (SSSR count). The van der Waals surface area contributed by atoms with Gasteiger partial charge in [-0.15, -0.1) is 0 Å². The third-order valence-corrected chi connectivity index (χ3v) is 3.21. The van der Waals surface area contributed by atoms with Crippen molar-refractivity contribution in [1.82, 2.24) is 0 Å².